The average Bonchev–Trinajstić information content (AvgIpc) is 2.84. The van der Waals surface area contributed by atoms with Gasteiger partial charge < -0.3 is 10.6 Å². The maximum atomic E-state index is 12.5. The Morgan fingerprint density at radius 1 is 1.37 bits per heavy atom. The fourth-order valence-corrected chi connectivity index (χ4v) is 2.48. The number of anilines is 2. The second-order valence-electron chi connectivity index (χ2n) is 4.43. The summed E-state index contributed by atoms with van der Waals surface area (Å²) in [7, 11) is 0. The van der Waals surface area contributed by atoms with E-state index in [-0.39, 0.29) is 11.1 Å². The number of nitrogens with zero attached hydrogens (tertiary/aromatic N) is 2. The number of benzene rings is 1. The first kappa shape index (κ1) is 12.0. The third kappa shape index (κ3) is 2.04. The molecule has 1 aromatic heterocycles. The number of carbonyl (C=O) groups is 1. The van der Waals surface area contributed by atoms with E-state index in [0.717, 1.165) is 12.1 Å². The molecule has 2 heterocycles. The molecule has 0 unspecified atom stereocenters. The highest BCUT2D eigenvalue weighted by molar-refractivity contribution is 6.30. The Bertz CT molecular complexity index is 657. The van der Waals surface area contributed by atoms with E-state index in [2.05, 4.69) is 4.98 Å². The molecule has 2 N–H and O–H groups in total. The average molecular weight is 274 g/mol. The molecule has 3 rings (SSSR count). The molecule has 0 saturated carbocycles. The van der Waals surface area contributed by atoms with Gasteiger partial charge in [0.15, 0.2) is 0 Å². The second-order valence-corrected chi connectivity index (χ2v) is 4.82. The summed E-state index contributed by atoms with van der Waals surface area (Å²) in [4.78, 5) is 18.1. The van der Waals surface area contributed by atoms with Crippen LogP contribution in [-0.4, -0.2) is 17.4 Å². The number of halogens is 1. The maximum absolute atomic E-state index is 12.5. The fraction of sp³-hybridized carbons (Fsp3) is 0.143. The van der Waals surface area contributed by atoms with E-state index < -0.39 is 0 Å². The molecule has 0 bridgehead atoms. The summed E-state index contributed by atoms with van der Waals surface area (Å²) in [6.45, 7) is 0.664. The molecule has 2 aromatic rings. The van der Waals surface area contributed by atoms with Crippen LogP contribution < -0.4 is 10.6 Å². The van der Waals surface area contributed by atoms with Crippen LogP contribution in [0.2, 0.25) is 5.15 Å². The molecule has 1 aliphatic heterocycles. The number of amides is 1. The van der Waals surface area contributed by atoms with Crippen LogP contribution in [0.4, 0.5) is 11.4 Å². The Labute approximate surface area is 115 Å². The zero-order chi connectivity index (χ0) is 13.4. The van der Waals surface area contributed by atoms with Crippen molar-refractivity contribution in [1.82, 2.24) is 4.98 Å². The van der Waals surface area contributed by atoms with Gasteiger partial charge in [-0.25, -0.2) is 4.98 Å². The van der Waals surface area contributed by atoms with Crippen LogP contribution in [0.5, 0.6) is 0 Å². The number of carbonyl (C=O) groups excluding carboxylic acids is 1. The number of nitrogen functional groups attached to an aromatic ring is 1. The van der Waals surface area contributed by atoms with E-state index in [0.29, 0.717) is 17.8 Å². The first-order valence-electron chi connectivity index (χ1n) is 5.97. The van der Waals surface area contributed by atoms with Gasteiger partial charge in [0, 0.05) is 12.2 Å². The number of fused-ring (bicyclic) bond motifs is 1. The lowest BCUT2D eigenvalue weighted by atomic mass is 10.1. The van der Waals surface area contributed by atoms with Gasteiger partial charge in [0.25, 0.3) is 5.91 Å². The largest absolute Gasteiger partial charge is 0.397 e. The molecule has 0 aliphatic carbocycles. The molecule has 4 nitrogen and oxygen atoms in total. The van der Waals surface area contributed by atoms with Crippen molar-refractivity contribution in [1.29, 1.82) is 0 Å². The van der Waals surface area contributed by atoms with Crippen molar-refractivity contribution in [3.63, 3.8) is 0 Å². The molecular weight excluding hydrogens is 262 g/mol. The Morgan fingerprint density at radius 3 is 3.00 bits per heavy atom. The van der Waals surface area contributed by atoms with Gasteiger partial charge in [-0.3, -0.25) is 4.79 Å². The minimum absolute atomic E-state index is 0.133. The highest BCUT2D eigenvalue weighted by Gasteiger charge is 2.26. The summed E-state index contributed by atoms with van der Waals surface area (Å²) in [6.07, 6.45) is 2.28. The SMILES string of the molecule is Nc1cnc(Cl)cc1C(=O)N1CCc2ccccc21. The lowest BCUT2D eigenvalue weighted by Gasteiger charge is -2.18. The summed E-state index contributed by atoms with van der Waals surface area (Å²) in [6, 6.07) is 9.39. The molecule has 1 aromatic carbocycles. The molecule has 0 fully saturated rings. The summed E-state index contributed by atoms with van der Waals surface area (Å²) in [5.74, 6) is -0.133. The molecule has 0 atom stereocenters. The van der Waals surface area contributed by atoms with Crippen molar-refractivity contribution in [2.75, 3.05) is 17.2 Å². The highest BCUT2D eigenvalue weighted by Crippen LogP contribution is 2.30. The predicted octanol–water partition coefficient (Wildman–Crippen LogP) is 2.52. The topological polar surface area (TPSA) is 59.2 Å². The van der Waals surface area contributed by atoms with Crippen molar-refractivity contribution in [3.05, 3.63) is 52.8 Å². The van der Waals surface area contributed by atoms with Crippen LogP contribution in [0.1, 0.15) is 15.9 Å². The van der Waals surface area contributed by atoms with Crippen molar-refractivity contribution in [3.8, 4) is 0 Å². The van der Waals surface area contributed by atoms with Crippen molar-refractivity contribution in [2.24, 2.45) is 0 Å². The Kier molecular flexibility index (Phi) is 2.87. The van der Waals surface area contributed by atoms with Crippen LogP contribution in [0.25, 0.3) is 0 Å². The lowest BCUT2D eigenvalue weighted by molar-refractivity contribution is 0.0990. The normalized spacial score (nSPS) is 13.4. The van der Waals surface area contributed by atoms with E-state index in [1.54, 1.807) is 4.90 Å². The first-order chi connectivity index (χ1) is 9.16. The van der Waals surface area contributed by atoms with Gasteiger partial charge in [-0.05, 0) is 24.1 Å². The lowest BCUT2D eigenvalue weighted by Crippen LogP contribution is -2.29. The minimum atomic E-state index is -0.133. The molecule has 1 amide bonds. The Morgan fingerprint density at radius 2 is 2.16 bits per heavy atom. The van der Waals surface area contributed by atoms with Crippen LogP contribution in [0.15, 0.2) is 36.5 Å². The van der Waals surface area contributed by atoms with E-state index in [1.807, 2.05) is 24.3 Å². The van der Waals surface area contributed by atoms with Gasteiger partial charge in [-0.15, -0.1) is 0 Å². The number of nitrogens with two attached hydrogens (primary N) is 1. The molecule has 0 spiro atoms. The van der Waals surface area contributed by atoms with Gasteiger partial charge >= 0.3 is 0 Å². The third-order valence-corrected chi connectivity index (χ3v) is 3.47. The summed E-state index contributed by atoms with van der Waals surface area (Å²) in [5.41, 5.74) is 8.67. The quantitative estimate of drug-likeness (QED) is 0.812. The first-order valence-corrected chi connectivity index (χ1v) is 6.35. The van der Waals surface area contributed by atoms with Crippen molar-refractivity contribution >= 4 is 28.9 Å². The summed E-state index contributed by atoms with van der Waals surface area (Å²) < 4.78 is 0. The zero-order valence-corrected chi connectivity index (χ0v) is 10.9. The standard InChI is InChI=1S/C14H12ClN3O/c15-13-7-10(11(16)8-17-13)14(19)18-6-5-9-3-1-2-4-12(9)18/h1-4,7-8H,5-6,16H2. The fourth-order valence-electron chi connectivity index (χ4n) is 2.32. The molecule has 19 heavy (non-hydrogen) atoms. The number of rotatable bonds is 1. The number of para-hydroxylation sites is 1. The number of aromatic nitrogens is 1. The van der Waals surface area contributed by atoms with Crippen LogP contribution in [0, 0.1) is 0 Å². The van der Waals surface area contributed by atoms with E-state index >= 15 is 0 Å². The van der Waals surface area contributed by atoms with Crippen molar-refractivity contribution < 1.29 is 4.79 Å². The van der Waals surface area contributed by atoms with Gasteiger partial charge in [-0.1, -0.05) is 29.8 Å². The molecule has 0 saturated heterocycles. The molecule has 0 radical (unpaired) electrons. The number of hydrogen-bond acceptors (Lipinski definition) is 3. The van der Waals surface area contributed by atoms with Crippen LogP contribution in [0.3, 0.4) is 0 Å². The molecular formula is C14H12ClN3O. The van der Waals surface area contributed by atoms with Gasteiger partial charge in [0.05, 0.1) is 17.4 Å². The zero-order valence-electron chi connectivity index (χ0n) is 10.1. The summed E-state index contributed by atoms with van der Waals surface area (Å²) in [5, 5.41) is 0.269. The number of hydrogen-bond donors (Lipinski definition) is 1. The number of pyridine rings is 1. The minimum Gasteiger partial charge on any atom is -0.397 e. The van der Waals surface area contributed by atoms with Gasteiger partial charge in [-0.2, -0.15) is 0 Å². The van der Waals surface area contributed by atoms with E-state index in [1.165, 1.54) is 17.8 Å². The maximum Gasteiger partial charge on any atom is 0.260 e. The van der Waals surface area contributed by atoms with Crippen molar-refractivity contribution in [2.45, 2.75) is 6.42 Å². The highest BCUT2D eigenvalue weighted by atomic mass is 35.5. The predicted molar refractivity (Wildman–Crippen MR) is 75.5 cm³/mol. The van der Waals surface area contributed by atoms with Gasteiger partial charge in [0.1, 0.15) is 5.15 Å². The Hall–Kier alpha value is -2.07. The van der Waals surface area contributed by atoms with E-state index in [4.69, 9.17) is 17.3 Å². The smallest absolute Gasteiger partial charge is 0.260 e. The second kappa shape index (κ2) is 4.55. The molecule has 5 heteroatoms. The molecule has 96 valence electrons. The third-order valence-electron chi connectivity index (χ3n) is 3.26. The Balaban J connectivity index is 2.00. The van der Waals surface area contributed by atoms with Crippen LogP contribution >= 0.6 is 11.6 Å². The van der Waals surface area contributed by atoms with Crippen LogP contribution in [-0.2, 0) is 6.42 Å². The van der Waals surface area contributed by atoms with Gasteiger partial charge in [0.2, 0.25) is 0 Å². The molecule has 1 aliphatic rings. The monoisotopic (exact) mass is 273 g/mol. The van der Waals surface area contributed by atoms with E-state index in [9.17, 15) is 4.79 Å². The summed E-state index contributed by atoms with van der Waals surface area (Å²) >= 11 is 5.83.